The van der Waals surface area contributed by atoms with E-state index in [-0.39, 0.29) is 11.5 Å². The number of carboxylic acid groups (broad SMARTS) is 2. The van der Waals surface area contributed by atoms with E-state index in [0.717, 1.165) is 25.3 Å². The zero-order chi connectivity index (χ0) is 9.14. The van der Waals surface area contributed by atoms with Gasteiger partial charge in [-0.05, 0) is 18.8 Å². The second kappa shape index (κ2) is 3.38. The zero-order valence-corrected chi connectivity index (χ0v) is 6.49. The van der Waals surface area contributed by atoms with Crippen LogP contribution in [0.4, 0.5) is 0 Å². The van der Waals surface area contributed by atoms with E-state index in [1.54, 1.807) is 0 Å². The first-order valence-corrected chi connectivity index (χ1v) is 3.79. The highest BCUT2D eigenvalue weighted by Crippen LogP contribution is 2.32. The number of aliphatic carboxylic acids is 2. The Labute approximate surface area is 69.5 Å². The molecule has 0 unspecified atom stereocenters. The lowest BCUT2D eigenvalue weighted by Crippen LogP contribution is -2.20. The molecule has 4 nitrogen and oxygen atoms in total. The Kier molecular flexibility index (Phi) is 2.47. The molecule has 0 saturated heterocycles. The smallest absolute Gasteiger partial charge is 0.332 e. The van der Waals surface area contributed by atoms with Crippen LogP contribution in [0.15, 0.2) is 11.6 Å². The highest BCUT2D eigenvalue weighted by atomic mass is 16.4. The van der Waals surface area contributed by atoms with Crippen molar-refractivity contribution in [2.75, 3.05) is 0 Å². The molecule has 1 aliphatic carbocycles. The highest BCUT2D eigenvalue weighted by Gasteiger charge is 2.26. The Morgan fingerprint density at radius 2 is 1.83 bits per heavy atom. The predicted octanol–water partition coefficient (Wildman–Crippen LogP) is 0.882. The molecule has 0 aromatic carbocycles. The first-order chi connectivity index (χ1) is 5.61. The zero-order valence-electron chi connectivity index (χ0n) is 6.49. The molecule has 0 bridgehead atoms. The topological polar surface area (TPSA) is 74.6 Å². The van der Waals surface area contributed by atoms with Gasteiger partial charge < -0.3 is 10.2 Å². The fourth-order valence-electron chi connectivity index (χ4n) is 1.21. The summed E-state index contributed by atoms with van der Waals surface area (Å²) in [5.41, 5.74) is 0.0359. The van der Waals surface area contributed by atoms with Crippen LogP contribution < -0.4 is 0 Å². The normalized spacial score (nSPS) is 18.5. The molecule has 0 atom stereocenters. The monoisotopic (exact) mass is 170 g/mol. The lowest BCUT2D eigenvalue weighted by Gasteiger charge is -2.25. The molecule has 0 aromatic heterocycles. The van der Waals surface area contributed by atoms with Gasteiger partial charge >= 0.3 is 11.9 Å². The molecule has 0 heterocycles. The first kappa shape index (κ1) is 8.77. The summed E-state index contributed by atoms with van der Waals surface area (Å²) in [7, 11) is 0. The molecule has 0 aliphatic heterocycles. The van der Waals surface area contributed by atoms with E-state index in [9.17, 15) is 9.59 Å². The van der Waals surface area contributed by atoms with Gasteiger partial charge in [0.15, 0.2) is 0 Å². The SMILES string of the molecule is O=C(O)C=C(C(=O)O)C1CCC1. The Hall–Kier alpha value is -1.32. The molecule has 1 fully saturated rings. The molecular weight excluding hydrogens is 160 g/mol. The van der Waals surface area contributed by atoms with Crippen molar-refractivity contribution in [2.24, 2.45) is 5.92 Å². The van der Waals surface area contributed by atoms with Gasteiger partial charge in [-0.15, -0.1) is 0 Å². The maximum Gasteiger partial charge on any atom is 0.332 e. The van der Waals surface area contributed by atoms with Crippen LogP contribution >= 0.6 is 0 Å². The molecular formula is C8H10O4. The number of rotatable bonds is 3. The van der Waals surface area contributed by atoms with E-state index in [1.165, 1.54) is 0 Å². The van der Waals surface area contributed by atoms with Crippen molar-refractivity contribution in [2.45, 2.75) is 19.3 Å². The quantitative estimate of drug-likeness (QED) is 0.616. The van der Waals surface area contributed by atoms with Crippen LogP contribution in [0.2, 0.25) is 0 Å². The number of hydrogen-bond acceptors (Lipinski definition) is 2. The minimum absolute atomic E-state index is 0.0359. The van der Waals surface area contributed by atoms with Crippen molar-refractivity contribution < 1.29 is 19.8 Å². The van der Waals surface area contributed by atoms with Crippen molar-refractivity contribution in [3.8, 4) is 0 Å². The van der Waals surface area contributed by atoms with Crippen LogP contribution in [-0.4, -0.2) is 22.2 Å². The maximum absolute atomic E-state index is 10.5. The average molecular weight is 170 g/mol. The van der Waals surface area contributed by atoms with Crippen molar-refractivity contribution >= 4 is 11.9 Å². The third-order valence-electron chi connectivity index (χ3n) is 2.07. The minimum Gasteiger partial charge on any atom is -0.478 e. The molecule has 12 heavy (non-hydrogen) atoms. The summed E-state index contributed by atoms with van der Waals surface area (Å²) in [4.78, 5) is 20.8. The number of carboxylic acids is 2. The van der Waals surface area contributed by atoms with E-state index in [0.29, 0.717) is 0 Å². The van der Waals surface area contributed by atoms with Crippen LogP contribution in [0.25, 0.3) is 0 Å². The molecule has 0 spiro atoms. The van der Waals surface area contributed by atoms with Crippen LogP contribution in [0.1, 0.15) is 19.3 Å². The molecule has 1 saturated carbocycles. The first-order valence-electron chi connectivity index (χ1n) is 3.79. The average Bonchev–Trinajstić information content (AvgIpc) is 1.80. The predicted molar refractivity (Wildman–Crippen MR) is 40.7 cm³/mol. The van der Waals surface area contributed by atoms with Gasteiger partial charge in [0.2, 0.25) is 0 Å². The maximum atomic E-state index is 10.5. The Morgan fingerprint density at radius 3 is 2.08 bits per heavy atom. The van der Waals surface area contributed by atoms with Gasteiger partial charge in [-0.3, -0.25) is 0 Å². The summed E-state index contributed by atoms with van der Waals surface area (Å²) < 4.78 is 0. The minimum atomic E-state index is -1.18. The van der Waals surface area contributed by atoms with Crippen molar-refractivity contribution in [1.29, 1.82) is 0 Å². The lowest BCUT2D eigenvalue weighted by molar-refractivity contribution is -0.135. The summed E-state index contributed by atoms with van der Waals surface area (Å²) >= 11 is 0. The van der Waals surface area contributed by atoms with E-state index >= 15 is 0 Å². The van der Waals surface area contributed by atoms with E-state index in [4.69, 9.17) is 10.2 Å². The number of hydrogen-bond donors (Lipinski definition) is 2. The van der Waals surface area contributed by atoms with E-state index in [2.05, 4.69) is 0 Å². The van der Waals surface area contributed by atoms with Gasteiger partial charge in [-0.2, -0.15) is 0 Å². The van der Waals surface area contributed by atoms with Gasteiger partial charge in [-0.25, -0.2) is 9.59 Å². The molecule has 1 rings (SSSR count). The summed E-state index contributed by atoms with van der Waals surface area (Å²) in [6.45, 7) is 0. The molecule has 66 valence electrons. The second-order valence-electron chi connectivity index (χ2n) is 2.87. The van der Waals surface area contributed by atoms with Crippen LogP contribution in [0.5, 0.6) is 0 Å². The molecule has 1 aliphatic rings. The largest absolute Gasteiger partial charge is 0.478 e. The molecule has 4 heteroatoms. The third-order valence-corrected chi connectivity index (χ3v) is 2.07. The van der Waals surface area contributed by atoms with Crippen LogP contribution in [0.3, 0.4) is 0 Å². The lowest BCUT2D eigenvalue weighted by atomic mass is 9.79. The summed E-state index contributed by atoms with van der Waals surface area (Å²) in [6, 6.07) is 0. The Balaban J connectivity index is 2.73. The molecule has 0 amide bonds. The van der Waals surface area contributed by atoms with Crippen LogP contribution in [0, 0.1) is 5.92 Å². The van der Waals surface area contributed by atoms with Crippen LogP contribution in [-0.2, 0) is 9.59 Å². The highest BCUT2D eigenvalue weighted by molar-refractivity contribution is 5.95. The fraction of sp³-hybridized carbons (Fsp3) is 0.500. The third kappa shape index (κ3) is 1.84. The van der Waals surface area contributed by atoms with E-state index in [1.807, 2.05) is 0 Å². The summed E-state index contributed by atoms with van der Waals surface area (Å²) in [6.07, 6.45) is 3.39. The van der Waals surface area contributed by atoms with Gasteiger partial charge in [0.05, 0.1) is 0 Å². The Morgan fingerprint density at radius 1 is 1.25 bits per heavy atom. The van der Waals surface area contributed by atoms with Gasteiger partial charge in [0, 0.05) is 11.6 Å². The molecule has 0 aromatic rings. The fourth-order valence-corrected chi connectivity index (χ4v) is 1.21. The van der Waals surface area contributed by atoms with Crippen molar-refractivity contribution in [3.63, 3.8) is 0 Å². The van der Waals surface area contributed by atoms with Crippen molar-refractivity contribution in [1.82, 2.24) is 0 Å². The molecule has 0 radical (unpaired) electrons. The van der Waals surface area contributed by atoms with Gasteiger partial charge in [0.25, 0.3) is 0 Å². The van der Waals surface area contributed by atoms with Gasteiger partial charge in [0.1, 0.15) is 0 Å². The van der Waals surface area contributed by atoms with E-state index < -0.39 is 11.9 Å². The Bertz CT molecular complexity index is 237. The summed E-state index contributed by atoms with van der Waals surface area (Å²) in [5, 5.41) is 17.0. The number of carbonyl (C=O) groups is 2. The van der Waals surface area contributed by atoms with Gasteiger partial charge in [-0.1, -0.05) is 6.42 Å². The van der Waals surface area contributed by atoms with Crippen molar-refractivity contribution in [3.05, 3.63) is 11.6 Å². The standard InChI is InChI=1S/C8H10O4/c9-7(10)4-6(8(11)12)5-2-1-3-5/h4-5H,1-3H2,(H,9,10)(H,11,12). The second-order valence-corrected chi connectivity index (χ2v) is 2.87. The summed E-state index contributed by atoms with van der Waals surface area (Å²) in [5.74, 6) is -2.33. The molecule has 2 N–H and O–H groups in total.